The summed E-state index contributed by atoms with van der Waals surface area (Å²) in [5.74, 6) is 0.231. The molecule has 0 saturated heterocycles. The van der Waals surface area contributed by atoms with E-state index in [0.717, 1.165) is 5.03 Å². The summed E-state index contributed by atoms with van der Waals surface area (Å²) in [4.78, 5) is 8.00. The summed E-state index contributed by atoms with van der Waals surface area (Å²) in [6.45, 7) is 0. The molecule has 8 heteroatoms. The number of nitrogens with two attached hydrogens (primary N) is 1. The highest BCUT2D eigenvalue weighted by Crippen LogP contribution is 2.18. The Morgan fingerprint density at radius 2 is 2.14 bits per heavy atom. The number of nitrogen functional groups attached to an aromatic ring is 1. The average Bonchev–Trinajstić information content (AvgIpc) is 2.48. The van der Waals surface area contributed by atoms with E-state index in [1.165, 1.54) is 30.2 Å². The number of hydrogen-bond donors (Lipinski definition) is 2. The highest BCUT2D eigenvalue weighted by molar-refractivity contribution is 8.00. The van der Waals surface area contributed by atoms with E-state index < -0.39 is 9.84 Å². The second-order valence-electron chi connectivity index (χ2n) is 4.16. The van der Waals surface area contributed by atoms with E-state index in [9.17, 15) is 8.42 Å². The lowest BCUT2D eigenvalue weighted by molar-refractivity contribution is 0.597. The average molecular weight is 322 g/mol. The molecule has 21 heavy (non-hydrogen) atoms. The first-order valence-corrected chi connectivity index (χ1v) is 8.69. The van der Waals surface area contributed by atoms with Crippen LogP contribution in [0, 0.1) is 5.41 Å². The molecule has 0 radical (unpaired) electrons. The van der Waals surface area contributed by atoms with Gasteiger partial charge in [-0.05, 0) is 18.2 Å². The van der Waals surface area contributed by atoms with Gasteiger partial charge in [0.1, 0.15) is 12.2 Å². The molecule has 6 nitrogen and oxygen atoms in total. The van der Waals surface area contributed by atoms with Crippen molar-refractivity contribution < 1.29 is 8.42 Å². The molecular formula is C13H14N4O2S2. The third kappa shape index (κ3) is 4.27. The van der Waals surface area contributed by atoms with Gasteiger partial charge in [0, 0.05) is 17.5 Å². The fourth-order valence-corrected chi connectivity index (χ4v) is 4.12. The molecule has 2 rings (SSSR count). The summed E-state index contributed by atoms with van der Waals surface area (Å²) in [7, 11) is -3.40. The van der Waals surface area contributed by atoms with Gasteiger partial charge in [0.05, 0.1) is 15.7 Å². The van der Waals surface area contributed by atoms with Crippen molar-refractivity contribution in [1.82, 2.24) is 9.97 Å². The summed E-state index contributed by atoms with van der Waals surface area (Å²) < 4.78 is 24.5. The third-order valence-corrected chi connectivity index (χ3v) is 5.58. The summed E-state index contributed by atoms with van der Waals surface area (Å²) in [5, 5.41) is 8.09. The van der Waals surface area contributed by atoms with Crippen LogP contribution in [0.2, 0.25) is 0 Å². The van der Waals surface area contributed by atoms with Crippen molar-refractivity contribution in [3.05, 3.63) is 48.4 Å². The highest BCUT2D eigenvalue weighted by Gasteiger charge is 2.15. The van der Waals surface area contributed by atoms with Gasteiger partial charge in [-0.3, -0.25) is 5.41 Å². The van der Waals surface area contributed by atoms with Crippen LogP contribution in [-0.2, 0) is 9.84 Å². The number of sulfone groups is 1. The van der Waals surface area contributed by atoms with Crippen molar-refractivity contribution in [3.8, 4) is 0 Å². The summed E-state index contributed by atoms with van der Waals surface area (Å²) >= 11 is 1.36. The molecule has 0 atom stereocenters. The van der Waals surface area contributed by atoms with Crippen LogP contribution in [0.15, 0.2) is 52.8 Å². The number of nitrogens with zero attached hydrogens (tertiary/aromatic N) is 2. The van der Waals surface area contributed by atoms with Gasteiger partial charge in [0.25, 0.3) is 0 Å². The zero-order chi connectivity index (χ0) is 15.3. The van der Waals surface area contributed by atoms with Crippen LogP contribution >= 0.6 is 11.8 Å². The molecule has 0 amide bonds. The van der Waals surface area contributed by atoms with Crippen molar-refractivity contribution >= 4 is 27.4 Å². The molecule has 0 bridgehead atoms. The first-order valence-electron chi connectivity index (χ1n) is 6.05. The van der Waals surface area contributed by atoms with Crippen LogP contribution in [0.25, 0.3) is 0 Å². The fraction of sp³-hybridized carbons (Fsp3) is 0.154. The number of amidine groups is 1. The Hall–Kier alpha value is -1.93. The molecule has 3 N–H and O–H groups in total. The minimum atomic E-state index is -3.40. The second-order valence-corrected chi connectivity index (χ2v) is 7.38. The van der Waals surface area contributed by atoms with Gasteiger partial charge in [-0.25, -0.2) is 18.4 Å². The molecule has 1 aromatic heterocycles. The molecular weight excluding hydrogens is 308 g/mol. The molecule has 0 aliphatic rings. The van der Waals surface area contributed by atoms with Gasteiger partial charge < -0.3 is 5.73 Å². The van der Waals surface area contributed by atoms with Crippen LogP contribution < -0.4 is 5.73 Å². The molecule has 0 spiro atoms. The normalized spacial score (nSPS) is 11.2. The van der Waals surface area contributed by atoms with Crippen LogP contribution in [0.1, 0.15) is 5.56 Å². The molecule has 0 unspecified atom stereocenters. The Balaban J connectivity index is 2.05. The number of aromatic nitrogens is 2. The SMILES string of the molecule is N=C(N)c1cccc(S(=O)(=O)CCSc2ccncn2)c1. The third-order valence-electron chi connectivity index (χ3n) is 2.66. The summed E-state index contributed by atoms with van der Waals surface area (Å²) in [6, 6.07) is 7.86. The standard InChI is InChI=1S/C13H14N4O2S2/c14-13(15)10-2-1-3-11(8-10)21(18,19)7-6-20-12-4-5-16-9-17-12/h1-5,8-9H,6-7H2,(H3,14,15). The van der Waals surface area contributed by atoms with E-state index in [-0.39, 0.29) is 16.5 Å². The van der Waals surface area contributed by atoms with Gasteiger partial charge in [-0.15, -0.1) is 11.8 Å². The maximum absolute atomic E-state index is 12.2. The zero-order valence-electron chi connectivity index (χ0n) is 11.1. The fourth-order valence-electron chi connectivity index (χ4n) is 1.59. The predicted octanol–water partition coefficient (Wildman–Crippen LogP) is 1.33. The monoisotopic (exact) mass is 322 g/mol. The van der Waals surface area contributed by atoms with E-state index in [0.29, 0.717) is 11.3 Å². The maximum Gasteiger partial charge on any atom is 0.179 e. The largest absolute Gasteiger partial charge is 0.384 e. The second kappa shape index (κ2) is 6.68. The van der Waals surface area contributed by atoms with Crippen molar-refractivity contribution in [2.75, 3.05) is 11.5 Å². The van der Waals surface area contributed by atoms with Crippen LogP contribution in [0.3, 0.4) is 0 Å². The Labute approximate surface area is 127 Å². The lowest BCUT2D eigenvalue weighted by atomic mass is 10.2. The van der Waals surface area contributed by atoms with Crippen molar-refractivity contribution in [1.29, 1.82) is 5.41 Å². The lowest BCUT2D eigenvalue weighted by Gasteiger charge is -2.06. The number of thioether (sulfide) groups is 1. The molecule has 1 aromatic carbocycles. The zero-order valence-corrected chi connectivity index (χ0v) is 12.7. The first-order chi connectivity index (χ1) is 9.99. The molecule has 0 aliphatic heterocycles. The van der Waals surface area contributed by atoms with E-state index in [2.05, 4.69) is 9.97 Å². The minimum Gasteiger partial charge on any atom is -0.384 e. The predicted molar refractivity (Wildman–Crippen MR) is 82.3 cm³/mol. The Morgan fingerprint density at radius 3 is 2.81 bits per heavy atom. The molecule has 0 saturated carbocycles. The van der Waals surface area contributed by atoms with Crippen LogP contribution in [0.5, 0.6) is 0 Å². The maximum atomic E-state index is 12.2. The van der Waals surface area contributed by atoms with E-state index in [4.69, 9.17) is 11.1 Å². The van der Waals surface area contributed by atoms with Crippen LogP contribution in [-0.4, -0.2) is 35.7 Å². The number of hydrogen-bond acceptors (Lipinski definition) is 6. The van der Waals surface area contributed by atoms with E-state index >= 15 is 0 Å². The van der Waals surface area contributed by atoms with Gasteiger partial charge in [-0.1, -0.05) is 12.1 Å². The van der Waals surface area contributed by atoms with Gasteiger partial charge in [0.15, 0.2) is 9.84 Å². The molecule has 0 fully saturated rings. The smallest absolute Gasteiger partial charge is 0.179 e. The minimum absolute atomic E-state index is 0.0109. The van der Waals surface area contributed by atoms with Crippen LogP contribution in [0.4, 0.5) is 0 Å². The van der Waals surface area contributed by atoms with Crippen molar-refractivity contribution in [2.45, 2.75) is 9.92 Å². The molecule has 1 heterocycles. The van der Waals surface area contributed by atoms with E-state index in [1.807, 2.05) is 0 Å². The molecule has 110 valence electrons. The van der Waals surface area contributed by atoms with Gasteiger partial charge in [-0.2, -0.15) is 0 Å². The van der Waals surface area contributed by atoms with E-state index in [1.54, 1.807) is 24.4 Å². The Kier molecular flexibility index (Phi) is 4.92. The molecule has 0 aliphatic carbocycles. The lowest BCUT2D eigenvalue weighted by Crippen LogP contribution is -2.13. The van der Waals surface area contributed by atoms with Crippen molar-refractivity contribution in [3.63, 3.8) is 0 Å². The Morgan fingerprint density at radius 1 is 1.33 bits per heavy atom. The summed E-state index contributed by atoms with van der Waals surface area (Å²) in [6.07, 6.45) is 3.04. The van der Waals surface area contributed by atoms with Gasteiger partial charge in [0.2, 0.25) is 0 Å². The highest BCUT2D eigenvalue weighted by atomic mass is 32.2. The number of benzene rings is 1. The Bertz CT molecular complexity index is 733. The molecule has 2 aromatic rings. The summed E-state index contributed by atoms with van der Waals surface area (Å²) in [5.41, 5.74) is 5.77. The number of rotatable bonds is 6. The first kappa shape index (κ1) is 15.5. The van der Waals surface area contributed by atoms with Crippen molar-refractivity contribution in [2.24, 2.45) is 5.73 Å². The quantitative estimate of drug-likeness (QED) is 0.359. The topological polar surface area (TPSA) is 110 Å². The number of nitrogens with one attached hydrogen (secondary N) is 1. The van der Waals surface area contributed by atoms with Gasteiger partial charge >= 0.3 is 0 Å².